The monoisotopic (exact) mass is 290 g/mol. The minimum atomic E-state index is -0.986. The number of rotatable bonds is 7. The smallest absolute Gasteiger partial charge is 0.199 e. The van der Waals surface area contributed by atoms with E-state index in [1.54, 1.807) is 0 Å². The van der Waals surface area contributed by atoms with Crippen molar-refractivity contribution in [3.8, 4) is 0 Å². The zero-order chi connectivity index (χ0) is 14.4. The number of aromatic nitrogens is 2. The number of hydrogen-bond acceptors (Lipinski definition) is 5. The summed E-state index contributed by atoms with van der Waals surface area (Å²) in [6.45, 7) is 0.739. The second kappa shape index (κ2) is 7.00. The van der Waals surface area contributed by atoms with Gasteiger partial charge in [-0.05, 0) is 43.6 Å². The third-order valence-electron chi connectivity index (χ3n) is 2.99. The Kier molecular flexibility index (Phi) is 5.06. The van der Waals surface area contributed by atoms with Crippen LogP contribution in [0.25, 0.3) is 10.9 Å². The van der Waals surface area contributed by atoms with E-state index in [9.17, 15) is 9.90 Å². The van der Waals surface area contributed by atoms with E-state index in [0.29, 0.717) is 11.2 Å². The summed E-state index contributed by atoms with van der Waals surface area (Å²) in [4.78, 5) is 17.6. The zero-order valence-corrected chi connectivity index (χ0v) is 11.8. The van der Waals surface area contributed by atoms with Gasteiger partial charge in [0.15, 0.2) is 4.77 Å². The molecule has 0 atom stereocenters. The van der Waals surface area contributed by atoms with Gasteiger partial charge in [-0.3, -0.25) is 0 Å². The van der Waals surface area contributed by atoms with Crippen LogP contribution in [0.2, 0.25) is 0 Å². The highest BCUT2D eigenvalue weighted by atomic mass is 32.1. The fourth-order valence-corrected chi connectivity index (χ4v) is 2.22. The van der Waals surface area contributed by atoms with Crippen LogP contribution in [0.5, 0.6) is 0 Å². The molecule has 0 spiro atoms. The third-order valence-corrected chi connectivity index (χ3v) is 3.18. The van der Waals surface area contributed by atoms with E-state index >= 15 is 0 Å². The van der Waals surface area contributed by atoms with Gasteiger partial charge < -0.3 is 20.2 Å². The Labute approximate surface area is 122 Å². The number of carbonyl (C=O) groups excluding carboxylic acids is 1. The van der Waals surface area contributed by atoms with E-state index in [4.69, 9.17) is 12.2 Å². The van der Waals surface area contributed by atoms with E-state index < -0.39 is 5.97 Å². The van der Waals surface area contributed by atoms with Gasteiger partial charge in [0.05, 0.1) is 5.52 Å². The average molecular weight is 290 g/mol. The summed E-state index contributed by atoms with van der Waals surface area (Å²) in [7, 11) is 0. The second-order valence-electron chi connectivity index (χ2n) is 4.55. The number of aromatic amines is 1. The summed E-state index contributed by atoms with van der Waals surface area (Å²) in [6, 6.07) is 7.83. The van der Waals surface area contributed by atoms with E-state index in [1.165, 1.54) is 0 Å². The molecule has 0 unspecified atom stereocenters. The number of anilines is 1. The first-order chi connectivity index (χ1) is 9.66. The lowest BCUT2D eigenvalue weighted by atomic mass is 10.2. The molecule has 5 nitrogen and oxygen atoms in total. The Hall–Kier alpha value is -1.95. The van der Waals surface area contributed by atoms with Crippen LogP contribution in [0.3, 0.4) is 0 Å². The van der Waals surface area contributed by atoms with Crippen molar-refractivity contribution in [2.24, 2.45) is 0 Å². The van der Waals surface area contributed by atoms with Gasteiger partial charge in [-0.1, -0.05) is 18.6 Å². The Bertz CT molecular complexity index is 654. The summed E-state index contributed by atoms with van der Waals surface area (Å²) in [5, 5.41) is 14.5. The minimum Gasteiger partial charge on any atom is -0.550 e. The number of unbranched alkanes of at least 4 members (excludes halogenated alkanes) is 2. The number of carboxylic acid groups (broad SMARTS) is 1. The van der Waals surface area contributed by atoms with E-state index in [2.05, 4.69) is 15.3 Å². The molecule has 2 N–H and O–H groups in total. The summed E-state index contributed by atoms with van der Waals surface area (Å²) < 4.78 is 0.447. The van der Waals surface area contributed by atoms with E-state index in [1.807, 2.05) is 24.3 Å². The number of hydrogen-bond donors (Lipinski definition) is 2. The largest absolute Gasteiger partial charge is 0.550 e. The number of aliphatic carboxylic acids is 1. The van der Waals surface area contributed by atoms with Gasteiger partial charge in [0, 0.05) is 17.9 Å². The molecule has 2 aromatic rings. The lowest BCUT2D eigenvalue weighted by Crippen LogP contribution is -2.21. The van der Waals surface area contributed by atoms with Crippen LogP contribution in [-0.4, -0.2) is 22.5 Å². The number of carbonyl (C=O) groups is 1. The van der Waals surface area contributed by atoms with Crippen molar-refractivity contribution < 1.29 is 9.90 Å². The zero-order valence-electron chi connectivity index (χ0n) is 11.0. The number of para-hydroxylation sites is 1. The minimum absolute atomic E-state index is 0.123. The summed E-state index contributed by atoms with van der Waals surface area (Å²) in [5.41, 5.74) is 0.951. The number of carboxylic acids is 1. The maximum absolute atomic E-state index is 10.3. The lowest BCUT2D eigenvalue weighted by molar-refractivity contribution is -0.305. The highest BCUT2D eigenvalue weighted by molar-refractivity contribution is 7.71. The van der Waals surface area contributed by atoms with Gasteiger partial charge in [-0.2, -0.15) is 0 Å². The van der Waals surface area contributed by atoms with Gasteiger partial charge in [-0.25, -0.2) is 4.98 Å². The normalized spacial score (nSPS) is 10.6. The molecular weight excluding hydrogens is 274 g/mol. The molecule has 6 heteroatoms. The summed E-state index contributed by atoms with van der Waals surface area (Å²) in [5.74, 6) is -0.218. The standard InChI is InChI=1S/C14H17N3O2S/c18-12(19)8-2-1-5-9-15-13-10-6-3-4-7-11(10)16-14(20)17-13/h3-4,6-7H,1-2,5,8-9H2,(H,18,19)(H2,15,16,17,20)/p-1. The highest BCUT2D eigenvalue weighted by Crippen LogP contribution is 2.18. The van der Waals surface area contributed by atoms with Crippen molar-refractivity contribution in [1.29, 1.82) is 0 Å². The topological polar surface area (TPSA) is 80.8 Å². The van der Waals surface area contributed by atoms with Crippen LogP contribution in [0.15, 0.2) is 24.3 Å². The summed E-state index contributed by atoms with van der Waals surface area (Å²) >= 11 is 5.10. The van der Waals surface area contributed by atoms with Crippen molar-refractivity contribution in [3.63, 3.8) is 0 Å². The van der Waals surface area contributed by atoms with Crippen LogP contribution >= 0.6 is 12.2 Å². The molecule has 2 rings (SSSR count). The molecule has 0 amide bonds. The average Bonchev–Trinajstić information content (AvgIpc) is 2.42. The number of nitrogens with one attached hydrogen (secondary N) is 2. The van der Waals surface area contributed by atoms with Crippen LogP contribution in [0.1, 0.15) is 25.7 Å². The second-order valence-corrected chi connectivity index (χ2v) is 4.93. The molecule has 0 saturated heterocycles. The molecule has 0 radical (unpaired) electrons. The first kappa shape index (κ1) is 14.5. The van der Waals surface area contributed by atoms with E-state index in [-0.39, 0.29) is 6.42 Å². The quantitative estimate of drug-likeness (QED) is 0.602. The van der Waals surface area contributed by atoms with Crippen LogP contribution in [-0.2, 0) is 4.79 Å². The van der Waals surface area contributed by atoms with Gasteiger partial charge in [0.1, 0.15) is 5.82 Å². The predicted octanol–water partition coefficient (Wildman–Crippen LogP) is 2.01. The molecule has 0 aliphatic heterocycles. The van der Waals surface area contributed by atoms with Crippen molar-refractivity contribution in [1.82, 2.24) is 9.97 Å². The molecule has 1 aromatic heterocycles. The SMILES string of the molecule is O=C([O-])CCCCCNc1nc(=S)[nH]c2ccccc12. The molecular formula is C14H16N3O2S-. The molecule has 20 heavy (non-hydrogen) atoms. The number of H-pyrrole nitrogens is 1. The number of fused-ring (bicyclic) bond motifs is 1. The van der Waals surface area contributed by atoms with Crippen LogP contribution < -0.4 is 10.4 Å². The first-order valence-electron chi connectivity index (χ1n) is 6.59. The molecule has 1 heterocycles. The lowest BCUT2D eigenvalue weighted by Gasteiger charge is -2.08. The third kappa shape index (κ3) is 4.03. The molecule has 0 saturated carbocycles. The maximum Gasteiger partial charge on any atom is 0.199 e. The molecule has 0 aliphatic rings. The Morgan fingerprint density at radius 1 is 1.30 bits per heavy atom. The first-order valence-corrected chi connectivity index (χ1v) is 7.00. The van der Waals surface area contributed by atoms with Crippen molar-refractivity contribution in [2.75, 3.05) is 11.9 Å². The van der Waals surface area contributed by atoms with Crippen molar-refractivity contribution in [2.45, 2.75) is 25.7 Å². The Morgan fingerprint density at radius 3 is 2.90 bits per heavy atom. The van der Waals surface area contributed by atoms with E-state index in [0.717, 1.165) is 36.1 Å². The Balaban J connectivity index is 1.93. The highest BCUT2D eigenvalue weighted by Gasteiger charge is 2.02. The van der Waals surface area contributed by atoms with Crippen molar-refractivity contribution >= 4 is 34.9 Å². The predicted molar refractivity (Wildman–Crippen MR) is 78.9 cm³/mol. The fourth-order valence-electron chi connectivity index (χ4n) is 2.02. The molecule has 0 bridgehead atoms. The van der Waals surface area contributed by atoms with Crippen molar-refractivity contribution in [3.05, 3.63) is 29.0 Å². The molecule has 106 valence electrons. The van der Waals surface area contributed by atoms with Gasteiger partial charge in [-0.15, -0.1) is 0 Å². The van der Waals surface area contributed by atoms with Crippen LogP contribution in [0, 0.1) is 4.77 Å². The number of nitrogens with zero attached hydrogens (tertiary/aromatic N) is 1. The maximum atomic E-state index is 10.3. The van der Waals surface area contributed by atoms with Gasteiger partial charge >= 0.3 is 0 Å². The van der Waals surface area contributed by atoms with Gasteiger partial charge in [0.25, 0.3) is 0 Å². The fraction of sp³-hybridized carbons (Fsp3) is 0.357. The van der Waals surface area contributed by atoms with Gasteiger partial charge in [0.2, 0.25) is 0 Å². The molecule has 0 fully saturated rings. The number of benzene rings is 1. The Morgan fingerprint density at radius 2 is 2.10 bits per heavy atom. The molecule has 1 aromatic carbocycles. The van der Waals surface area contributed by atoms with Crippen LogP contribution in [0.4, 0.5) is 5.82 Å². The molecule has 0 aliphatic carbocycles. The summed E-state index contributed by atoms with van der Waals surface area (Å²) in [6.07, 6.45) is 2.50.